The van der Waals surface area contributed by atoms with Crippen molar-refractivity contribution in [2.45, 2.75) is 82.5 Å². The molecule has 180 valence electrons. The van der Waals surface area contributed by atoms with E-state index in [0.29, 0.717) is 30.7 Å². The maximum Gasteiger partial charge on any atom is 0.410 e. The minimum atomic E-state index is -1.08. The fourth-order valence-corrected chi connectivity index (χ4v) is 8.30. The highest BCUT2D eigenvalue weighted by Crippen LogP contribution is 2.67. The normalized spacial score (nSPS) is 38.4. The van der Waals surface area contributed by atoms with Gasteiger partial charge in [0.25, 0.3) is 0 Å². The number of carbonyl (C=O) groups excluding carboxylic acids is 1. The van der Waals surface area contributed by atoms with Crippen molar-refractivity contribution < 1.29 is 14.6 Å². The molecule has 0 aromatic heterocycles. The second kappa shape index (κ2) is 8.12. The number of unbranched alkanes of at least 4 members (excludes halogenated alkanes) is 1. The largest absolute Gasteiger partial charge is 0.442 e. The maximum atomic E-state index is 13.4. The molecule has 2 aromatic carbocycles. The zero-order valence-corrected chi connectivity index (χ0v) is 20.5. The summed E-state index contributed by atoms with van der Waals surface area (Å²) in [5.41, 5.74) is 2.77. The summed E-state index contributed by atoms with van der Waals surface area (Å²) in [5.74, 6) is 1.43. The molecule has 3 fully saturated rings. The van der Waals surface area contributed by atoms with Gasteiger partial charge in [-0.05, 0) is 73.0 Å². The topological polar surface area (TPSA) is 49.8 Å². The van der Waals surface area contributed by atoms with E-state index in [1.54, 1.807) is 0 Å². The van der Waals surface area contributed by atoms with Gasteiger partial charge < -0.3 is 9.84 Å². The quantitative estimate of drug-likeness (QED) is 0.588. The molecule has 2 aromatic rings. The molecule has 1 amide bonds. The summed E-state index contributed by atoms with van der Waals surface area (Å²) in [5, 5.41) is 12.6. The number of fused-ring (bicyclic) bond motifs is 7. The van der Waals surface area contributed by atoms with Crippen LogP contribution in [0.15, 0.2) is 54.6 Å². The summed E-state index contributed by atoms with van der Waals surface area (Å²) in [6.45, 7) is 5.05. The van der Waals surface area contributed by atoms with Crippen LogP contribution in [0.25, 0.3) is 0 Å². The van der Waals surface area contributed by atoms with E-state index in [2.05, 4.69) is 50.2 Å². The van der Waals surface area contributed by atoms with Gasteiger partial charge in [-0.25, -0.2) is 4.79 Å². The van der Waals surface area contributed by atoms with E-state index in [4.69, 9.17) is 4.74 Å². The van der Waals surface area contributed by atoms with Crippen molar-refractivity contribution in [1.82, 2.24) is 4.90 Å². The molecule has 4 heteroatoms. The Kier molecular flexibility index (Phi) is 5.29. The first-order chi connectivity index (χ1) is 16.5. The minimum Gasteiger partial charge on any atom is -0.442 e. The Labute approximate surface area is 203 Å². The van der Waals surface area contributed by atoms with E-state index >= 15 is 0 Å². The highest BCUT2D eigenvalue weighted by Gasteiger charge is 2.70. The standard InChI is InChI=1S/C30H37NO3/c1-3-4-18-31-26(21-11-6-5-7-12-21)30(33)19-25-24-15-14-20-10-8-9-13-22(20)23(24)16-17-29(25,2)27(30)34-28(31)32/h5-13,23-27,33H,3-4,14-19H2,1-2H3/t23-,24-,25+,26+,27-,29+,30+/m1/s1. The van der Waals surface area contributed by atoms with Gasteiger partial charge in [-0.2, -0.15) is 0 Å². The van der Waals surface area contributed by atoms with E-state index < -0.39 is 11.7 Å². The number of rotatable bonds is 4. The Morgan fingerprint density at radius 1 is 1.09 bits per heavy atom. The molecule has 4 aliphatic rings. The molecule has 0 unspecified atom stereocenters. The molecule has 3 aliphatic carbocycles. The number of aryl methyl sites for hydroxylation is 1. The third kappa shape index (κ3) is 3.10. The van der Waals surface area contributed by atoms with Gasteiger partial charge in [-0.1, -0.05) is 74.9 Å². The molecule has 0 spiro atoms. The predicted molar refractivity (Wildman–Crippen MR) is 132 cm³/mol. The first kappa shape index (κ1) is 22.2. The van der Waals surface area contributed by atoms with E-state index in [1.165, 1.54) is 11.1 Å². The van der Waals surface area contributed by atoms with Crippen LogP contribution < -0.4 is 0 Å². The lowest BCUT2D eigenvalue weighted by molar-refractivity contribution is -0.173. The van der Waals surface area contributed by atoms with E-state index in [-0.39, 0.29) is 17.6 Å². The molecule has 4 nitrogen and oxygen atoms in total. The minimum absolute atomic E-state index is 0.193. The van der Waals surface area contributed by atoms with Crippen LogP contribution in [0.1, 0.15) is 81.0 Å². The van der Waals surface area contributed by atoms with Crippen molar-refractivity contribution in [3.63, 3.8) is 0 Å². The molecule has 1 saturated heterocycles. The molecule has 0 radical (unpaired) electrons. The zero-order chi connectivity index (χ0) is 23.5. The van der Waals surface area contributed by atoms with E-state index in [0.717, 1.165) is 44.1 Å². The number of aliphatic hydroxyl groups is 1. The highest BCUT2D eigenvalue weighted by atomic mass is 16.6. The van der Waals surface area contributed by atoms with Gasteiger partial charge in [-0.15, -0.1) is 0 Å². The van der Waals surface area contributed by atoms with E-state index in [1.807, 2.05) is 23.1 Å². The number of carbonyl (C=O) groups is 1. The van der Waals surface area contributed by atoms with Gasteiger partial charge in [0, 0.05) is 12.0 Å². The Morgan fingerprint density at radius 2 is 1.85 bits per heavy atom. The average molecular weight is 460 g/mol. The summed E-state index contributed by atoms with van der Waals surface area (Å²) in [6.07, 6.45) is 6.25. The molecule has 2 saturated carbocycles. The number of nitrogens with zero attached hydrogens (tertiary/aromatic N) is 1. The van der Waals surface area contributed by atoms with Gasteiger partial charge >= 0.3 is 6.09 Å². The maximum absolute atomic E-state index is 13.4. The lowest BCUT2D eigenvalue weighted by Crippen LogP contribution is -2.62. The van der Waals surface area contributed by atoms with Gasteiger partial charge in [-0.3, -0.25) is 4.90 Å². The van der Waals surface area contributed by atoms with Crippen molar-refractivity contribution in [2.24, 2.45) is 17.3 Å². The highest BCUT2D eigenvalue weighted by molar-refractivity contribution is 5.71. The van der Waals surface area contributed by atoms with Crippen LogP contribution >= 0.6 is 0 Å². The Morgan fingerprint density at radius 3 is 2.65 bits per heavy atom. The van der Waals surface area contributed by atoms with Crippen LogP contribution in [0, 0.1) is 17.3 Å². The average Bonchev–Trinajstić information content (AvgIpc) is 3.09. The third-order valence-corrected chi connectivity index (χ3v) is 9.78. The Balaban J connectivity index is 1.42. The zero-order valence-electron chi connectivity index (χ0n) is 20.5. The third-order valence-electron chi connectivity index (χ3n) is 9.78. The van der Waals surface area contributed by atoms with Gasteiger partial charge in [0.1, 0.15) is 11.7 Å². The first-order valence-corrected chi connectivity index (χ1v) is 13.3. The molecule has 1 N–H and O–H groups in total. The molecule has 1 heterocycles. The lowest BCUT2D eigenvalue weighted by atomic mass is 9.55. The van der Waals surface area contributed by atoms with Gasteiger partial charge in [0.2, 0.25) is 0 Å². The van der Waals surface area contributed by atoms with Crippen LogP contribution in [0.2, 0.25) is 0 Å². The second-order valence-corrected chi connectivity index (χ2v) is 11.5. The van der Waals surface area contributed by atoms with Crippen LogP contribution in [0.3, 0.4) is 0 Å². The SMILES string of the molecule is CCCCN1C(=O)O[C@@H]2[C@@]3(C)CC[C@@H]4c5ccccc5CC[C@H]4[C@@H]3C[C@]2(O)[C@@H]1c1ccccc1. The molecule has 7 atom stereocenters. The van der Waals surface area contributed by atoms with Crippen molar-refractivity contribution in [3.8, 4) is 0 Å². The van der Waals surface area contributed by atoms with Crippen molar-refractivity contribution in [3.05, 3.63) is 71.3 Å². The van der Waals surface area contributed by atoms with Gasteiger partial charge in [0.15, 0.2) is 0 Å². The number of hydrogen-bond acceptors (Lipinski definition) is 3. The smallest absolute Gasteiger partial charge is 0.410 e. The summed E-state index contributed by atoms with van der Waals surface area (Å²) < 4.78 is 6.23. The monoisotopic (exact) mass is 459 g/mol. The summed E-state index contributed by atoms with van der Waals surface area (Å²) in [4.78, 5) is 15.2. The summed E-state index contributed by atoms with van der Waals surface area (Å²) in [7, 11) is 0. The summed E-state index contributed by atoms with van der Waals surface area (Å²) >= 11 is 0. The Hall–Kier alpha value is -2.33. The molecular formula is C30H37NO3. The molecule has 0 bridgehead atoms. The number of benzene rings is 2. The van der Waals surface area contributed by atoms with E-state index in [9.17, 15) is 9.90 Å². The van der Waals surface area contributed by atoms with Crippen molar-refractivity contribution >= 4 is 6.09 Å². The fourth-order valence-electron chi connectivity index (χ4n) is 8.30. The predicted octanol–water partition coefficient (Wildman–Crippen LogP) is 6.25. The molecule has 6 rings (SSSR count). The number of ether oxygens (including phenoxy) is 1. The van der Waals surface area contributed by atoms with Crippen molar-refractivity contribution in [1.29, 1.82) is 0 Å². The molecular weight excluding hydrogens is 422 g/mol. The lowest BCUT2D eigenvalue weighted by Gasteiger charge is -2.53. The van der Waals surface area contributed by atoms with Crippen molar-refractivity contribution in [2.75, 3.05) is 6.54 Å². The first-order valence-electron chi connectivity index (χ1n) is 13.3. The van der Waals surface area contributed by atoms with Crippen LogP contribution in [-0.4, -0.2) is 34.3 Å². The molecule has 1 aliphatic heterocycles. The van der Waals surface area contributed by atoms with Gasteiger partial charge in [0.05, 0.1) is 6.04 Å². The second-order valence-electron chi connectivity index (χ2n) is 11.5. The molecule has 34 heavy (non-hydrogen) atoms. The van der Waals surface area contributed by atoms with Crippen LogP contribution in [-0.2, 0) is 11.2 Å². The number of hydrogen-bond donors (Lipinski definition) is 1. The Bertz CT molecular complexity index is 1070. The van der Waals surface area contributed by atoms with Crippen LogP contribution in [0.4, 0.5) is 4.79 Å². The number of amides is 1. The van der Waals surface area contributed by atoms with Crippen LogP contribution in [0.5, 0.6) is 0 Å². The fraction of sp³-hybridized carbons (Fsp3) is 0.567. The summed E-state index contributed by atoms with van der Waals surface area (Å²) in [6, 6.07) is 18.8.